The van der Waals surface area contributed by atoms with Crippen LogP contribution in [-0.4, -0.2) is 58.5 Å². The fourth-order valence-electron chi connectivity index (χ4n) is 2.98. The first-order valence-electron chi connectivity index (χ1n) is 8.88. The highest BCUT2D eigenvalue weighted by Crippen LogP contribution is 2.41. The molecule has 3 rings (SSSR count). The summed E-state index contributed by atoms with van der Waals surface area (Å²) < 4.78 is 3.80. The lowest BCUT2D eigenvalue weighted by Crippen LogP contribution is -2.50. The summed E-state index contributed by atoms with van der Waals surface area (Å²) in [6.45, 7) is 7.99. The SMILES string of the molecule is CC(C)(C)OC(=O)N1CCN(c2nc(C(Cl)(Cl)Cl)nc3c2SCCC3)CC1. The first-order valence-corrected chi connectivity index (χ1v) is 11.0. The maximum atomic E-state index is 12.3. The number of aromatic nitrogens is 2. The van der Waals surface area contributed by atoms with E-state index in [0.29, 0.717) is 26.2 Å². The van der Waals surface area contributed by atoms with Crippen molar-refractivity contribution < 1.29 is 9.53 Å². The minimum absolute atomic E-state index is 0.207. The van der Waals surface area contributed by atoms with Gasteiger partial charge in [0, 0.05) is 26.2 Å². The number of nitrogens with zero attached hydrogens (tertiary/aromatic N) is 4. The molecule has 3 heterocycles. The van der Waals surface area contributed by atoms with Crippen molar-refractivity contribution in [2.24, 2.45) is 0 Å². The van der Waals surface area contributed by atoms with E-state index in [1.54, 1.807) is 16.7 Å². The van der Waals surface area contributed by atoms with Crippen molar-refractivity contribution in [3.63, 3.8) is 0 Å². The van der Waals surface area contributed by atoms with Gasteiger partial charge in [-0.1, -0.05) is 34.8 Å². The number of amides is 1. The van der Waals surface area contributed by atoms with Gasteiger partial charge in [-0.15, -0.1) is 11.8 Å². The number of anilines is 1. The number of rotatable bonds is 1. The van der Waals surface area contributed by atoms with Crippen LogP contribution in [0.15, 0.2) is 4.90 Å². The second-order valence-electron chi connectivity index (χ2n) is 7.55. The van der Waals surface area contributed by atoms with E-state index in [-0.39, 0.29) is 11.9 Å². The van der Waals surface area contributed by atoms with Crippen molar-refractivity contribution >= 4 is 58.5 Å². The molecule has 1 fully saturated rings. The Labute approximate surface area is 178 Å². The molecule has 0 N–H and O–H groups in total. The van der Waals surface area contributed by atoms with Gasteiger partial charge in [0.15, 0.2) is 5.82 Å². The molecule has 1 aromatic rings. The van der Waals surface area contributed by atoms with Crippen LogP contribution in [0.3, 0.4) is 0 Å². The Bertz CT molecular complexity index is 713. The van der Waals surface area contributed by atoms with Gasteiger partial charge in [0.2, 0.25) is 3.79 Å². The Hall–Kier alpha value is -0.630. The van der Waals surface area contributed by atoms with E-state index in [0.717, 1.165) is 35.0 Å². The van der Waals surface area contributed by atoms with Crippen LogP contribution in [0.5, 0.6) is 0 Å². The first-order chi connectivity index (χ1) is 12.5. The van der Waals surface area contributed by atoms with Gasteiger partial charge in [-0.3, -0.25) is 0 Å². The van der Waals surface area contributed by atoms with Crippen LogP contribution in [-0.2, 0) is 15.0 Å². The number of alkyl halides is 3. The molecule has 2 aliphatic rings. The molecule has 10 heteroatoms. The average molecular weight is 454 g/mol. The zero-order valence-corrected chi connectivity index (χ0v) is 18.7. The molecule has 0 unspecified atom stereocenters. The topological polar surface area (TPSA) is 58.6 Å². The van der Waals surface area contributed by atoms with Crippen LogP contribution >= 0.6 is 46.6 Å². The van der Waals surface area contributed by atoms with E-state index in [4.69, 9.17) is 39.5 Å². The summed E-state index contributed by atoms with van der Waals surface area (Å²) in [6, 6.07) is 0. The standard InChI is InChI=1S/C17H23Cl3N4O2S/c1-16(2,3)26-15(25)24-8-6-23(7-9-24)13-12-11(5-4-10-27-12)21-14(22-13)17(18,19)20/h4-10H2,1-3H3. The third-order valence-electron chi connectivity index (χ3n) is 4.21. The normalized spacial score (nSPS) is 18.3. The quantitative estimate of drug-likeness (QED) is 0.587. The number of halogens is 3. The van der Waals surface area contributed by atoms with Crippen LogP contribution in [0.2, 0.25) is 0 Å². The van der Waals surface area contributed by atoms with E-state index in [1.165, 1.54) is 0 Å². The first kappa shape index (κ1) is 21.1. The second kappa shape index (κ2) is 8.01. The number of fused-ring (bicyclic) bond motifs is 1. The highest BCUT2D eigenvalue weighted by atomic mass is 35.6. The van der Waals surface area contributed by atoms with Crippen molar-refractivity contribution in [1.29, 1.82) is 0 Å². The third kappa shape index (κ3) is 5.25. The summed E-state index contributed by atoms with van der Waals surface area (Å²) >= 11 is 19.9. The zero-order valence-electron chi connectivity index (χ0n) is 15.6. The van der Waals surface area contributed by atoms with Gasteiger partial charge in [-0.25, -0.2) is 14.8 Å². The monoisotopic (exact) mass is 452 g/mol. The largest absolute Gasteiger partial charge is 0.444 e. The maximum absolute atomic E-state index is 12.3. The Balaban J connectivity index is 1.78. The van der Waals surface area contributed by atoms with Crippen molar-refractivity contribution in [2.75, 3.05) is 36.8 Å². The lowest BCUT2D eigenvalue weighted by molar-refractivity contribution is 0.0240. The number of thioether (sulfide) groups is 1. The number of carbonyl (C=O) groups is 1. The molecule has 0 spiro atoms. The minimum Gasteiger partial charge on any atom is -0.444 e. The molecule has 0 radical (unpaired) electrons. The molecule has 1 amide bonds. The number of carbonyl (C=O) groups excluding carboxylic acids is 1. The highest BCUT2D eigenvalue weighted by Gasteiger charge is 2.33. The number of hydrogen-bond acceptors (Lipinski definition) is 6. The molecule has 1 saturated heterocycles. The Kier molecular flexibility index (Phi) is 6.26. The second-order valence-corrected chi connectivity index (χ2v) is 10.9. The van der Waals surface area contributed by atoms with E-state index in [2.05, 4.69) is 14.9 Å². The Morgan fingerprint density at radius 3 is 2.37 bits per heavy atom. The predicted molar refractivity (Wildman–Crippen MR) is 110 cm³/mol. The van der Waals surface area contributed by atoms with Gasteiger partial charge in [0.25, 0.3) is 0 Å². The molecule has 0 bridgehead atoms. The molecule has 0 saturated carbocycles. The summed E-state index contributed by atoms with van der Waals surface area (Å²) in [5.41, 5.74) is 0.433. The number of piperazine rings is 1. The van der Waals surface area contributed by atoms with Crippen LogP contribution < -0.4 is 4.90 Å². The highest BCUT2D eigenvalue weighted by molar-refractivity contribution is 7.99. The number of ether oxygens (including phenoxy) is 1. The maximum Gasteiger partial charge on any atom is 0.410 e. The van der Waals surface area contributed by atoms with Gasteiger partial charge < -0.3 is 14.5 Å². The third-order valence-corrected chi connectivity index (χ3v) is 5.91. The van der Waals surface area contributed by atoms with Crippen LogP contribution in [0, 0.1) is 0 Å². The molecule has 6 nitrogen and oxygen atoms in total. The molecule has 0 atom stereocenters. The van der Waals surface area contributed by atoms with Crippen molar-refractivity contribution in [1.82, 2.24) is 14.9 Å². The fraction of sp³-hybridized carbons (Fsp3) is 0.706. The van der Waals surface area contributed by atoms with E-state index < -0.39 is 9.39 Å². The Morgan fingerprint density at radius 2 is 1.78 bits per heavy atom. The average Bonchev–Trinajstić information content (AvgIpc) is 2.58. The smallest absolute Gasteiger partial charge is 0.410 e. The fourth-order valence-corrected chi connectivity index (χ4v) is 4.35. The molecule has 27 heavy (non-hydrogen) atoms. The molecule has 1 aromatic heterocycles. The summed E-state index contributed by atoms with van der Waals surface area (Å²) in [4.78, 5) is 26.3. The lowest BCUT2D eigenvalue weighted by Gasteiger charge is -2.37. The van der Waals surface area contributed by atoms with Crippen LogP contribution in [0.4, 0.5) is 10.6 Å². The van der Waals surface area contributed by atoms with Crippen molar-refractivity contribution in [2.45, 2.75) is 47.9 Å². The minimum atomic E-state index is -1.66. The summed E-state index contributed by atoms with van der Waals surface area (Å²) in [6.07, 6.45) is 1.60. The van der Waals surface area contributed by atoms with Gasteiger partial charge >= 0.3 is 6.09 Å². The van der Waals surface area contributed by atoms with Crippen LogP contribution in [0.1, 0.15) is 38.7 Å². The van der Waals surface area contributed by atoms with E-state index in [1.807, 2.05) is 20.8 Å². The molecule has 0 aromatic carbocycles. The molecular weight excluding hydrogens is 431 g/mol. The van der Waals surface area contributed by atoms with E-state index >= 15 is 0 Å². The van der Waals surface area contributed by atoms with Gasteiger partial charge in [-0.05, 0) is 39.4 Å². The molecular formula is C17H23Cl3N4O2S. The zero-order chi connectivity index (χ0) is 19.8. The summed E-state index contributed by atoms with van der Waals surface area (Å²) in [5, 5.41) is 0. The molecule has 150 valence electrons. The summed E-state index contributed by atoms with van der Waals surface area (Å²) in [7, 11) is 0. The van der Waals surface area contributed by atoms with Gasteiger partial charge in [-0.2, -0.15) is 0 Å². The predicted octanol–water partition coefficient (Wildman–Crippen LogP) is 4.40. The molecule has 2 aliphatic heterocycles. The number of aryl methyl sites for hydroxylation is 1. The Morgan fingerprint density at radius 1 is 1.11 bits per heavy atom. The van der Waals surface area contributed by atoms with Crippen molar-refractivity contribution in [3.05, 3.63) is 11.5 Å². The van der Waals surface area contributed by atoms with E-state index in [9.17, 15) is 4.79 Å². The summed E-state index contributed by atoms with van der Waals surface area (Å²) in [5.74, 6) is 2.03. The van der Waals surface area contributed by atoms with Gasteiger partial charge in [0.05, 0.1) is 10.6 Å². The van der Waals surface area contributed by atoms with Crippen molar-refractivity contribution in [3.8, 4) is 0 Å². The lowest BCUT2D eigenvalue weighted by atomic mass is 10.2. The molecule has 0 aliphatic carbocycles. The van der Waals surface area contributed by atoms with Crippen LogP contribution in [0.25, 0.3) is 0 Å². The number of hydrogen-bond donors (Lipinski definition) is 0. The van der Waals surface area contributed by atoms with Gasteiger partial charge in [0.1, 0.15) is 11.4 Å².